The highest BCUT2D eigenvalue weighted by atomic mass is 79.9. The normalized spacial score (nSPS) is 11.9. The van der Waals surface area contributed by atoms with E-state index in [9.17, 15) is 4.79 Å². The monoisotopic (exact) mass is 330 g/mol. The first-order valence-electron chi connectivity index (χ1n) is 5.10. The molecule has 2 aromatic rings. The molecule has 0 saturated heterocycles. The molecule has 1 heterocycles. The molecule has 0 unspecified atom stereocenters. The van der Waals surface area contributed by atoms with Crippen LogP contribution >= 0.6 is 28.3 Å². The van der Waals surface area contributed by atoms with Crippen LogP contribution in [0.3, 0.4) is 0 Å². The van der Waals surface area contributed by atoms with Crippen molar-refractivity contribution in [1.29, 1.82) is 0 Å². The van der Waals surface area contributed by atoms with Crippen molar-refractivity contribution in [3.8, 4) is 0 Å². The standard InChI is InChI=1S/C12H11BrN2O2.ClH/c13-9-4-3-7(6-10(14)12(16)17)11-8(9)2-1-5-15-11;/h1-5,10H,6,14H2,(H,16,17);1H/t10-;/m0./s1. The van der Waals surface area contributed by atoms with Gasteiger partial charge < -0.3 is 10.8 Å². The van der Waals surface area contributed by atoms with Gasteiger partial charge in [-0.25, -0.2) is 0 Å². The first kappa shape index (κ1) is 14.9. The van der Waals surface area contributed by atoms with Crippen LogP contribution in [0.1, 0.15) is 5.56 Å². The van der Waals surface area contributed by atoms with Crippen LogP contribution in [0.4, 0.5) is 0 Å². The van der Waals surface area contributed by atoms with Gasteiger partial charge in [0.1, 0.15) is 6.04 Å². The van der Waals surface area contributed by atoms with Crippen LogP contribution in [0.15, 0.2) is 34.9 Å². The van der Waals surface area contributed by atoms with E-state index in [2.05, 4.69) is 20.9 Å². The third kappa shape index (κ3) is 2.98. The highest BCUT2D eigenvalue weighted by Crippen LogP contribution is 2.25. The third-order valence-electron chi connectivity index (χ3n) is 2.56. The summed E-state index contributed by atoms with van der Waals surface area (Å²) in [6, 6.07) is 6.60. The number of fused-ring (bicyclic) bond motifs is 1. The lowest BCUT2D eigenvalue weighted by Crippen LogP contribution is -2.32. The van der Waals surface area contributed by atoms with Crippen LogP contribution in [0, 0.1) is 0 Å². The van der Waals surface area contributed by atoms with E-state index in [4.69, 9.17) is 10.8 Å². The Kier molecular flexibility index (Phi) is 5.07. The number of carboxylic acid groups (broad SMARTS) is 1. The van der Waals surface area contributed by atoms with Crippen LogP contribution in [-0.4, -0.2) is 22.1 Å². The van der Waals surface area contributed by atoms with Crippen LogP contribution in [0.5, 0.6) is 0 Å². The van der Waals surface area contributed by atoms with Crippen molar-refractivity contribution >= 4 is 45.2 Å². The van der Waals surface area contributed by atoms with E-state index in [0.717, 1.165) is 20.9 Å². The van der Waals surface area contributed by atoms with E-state index in [1.807, 2.05) is 24.3 Å². The molecule has 1 aromatic carbocycles. The van der Waals surface area contributed by atoms with Gasteiger partial charge in [-0.1, -0.05) is 28.1 Å². The zero-order valence-corrected chi connectivity index (χ0v) is 11.7. The zero-order chi connectivity index (χ0) is 12.4. The van der Waals surface area contributed by atoms with Gasteiger partial charge in [0.15, 0.2) is 0 Å². The maximum absolute atomic E-state index is 10.8. The van der Waals surface area contributed by atoms with Gasteiger partial charge in [-0.2, -0.15) is 0 Å². The predicted octanol–water partition coefficient (Wildman–Crippen LogP) is 2.37. The van der Waals surface area contributed by atoms with E-state index >= 15 is 0 Å². The second kappa shape index (κ2) is 6.13. The second-order valence-electron chi connectivity index (χ2n) is 3.75. The number of benzene rings is 1. The average Bonchev–Trinajstić information content (AvgIpc) is 2.33. The lowest BCUT2D eigenvalue weighted by molar-refractivity contribution is -0.138. The number of carbonyl (C=O) groups is 1. The Balaban J connectivity index is 0.00000162. The SMILES string of the molecule is Cl.N[C@@H](Cc1ccc(Br)c2cccnc12)C(=O)O. The summed E-state index contributed by atoms with van der Waals surface area (Å²) < 4.78 is 0.938. The second-order valence-corrected chi connectivity index (χ2v) is 4.61. The number of aromatic nitrogens is 1. The molecule has 4 nitrogen and oxygen atoms in total. The number of halogens is 2. The molecule has 0 spiro atoms. The fourth-order valence-corrected chi connectivity index (χ4v) is 2.14. The first-order chi connectivity index (χ1) is 8.09. The number of hydrogen-bond acceptors (Lipinski definition) is 3. The molecule has 0 aliphatic rings. The lowest BCUT2D eigenvalue weighted by atomic mass is 10.0. The van der Waals surface area contributed by atoms with E-state index in [0.29, 0.717) is 0 Å². The molecule has 18 heavy (non-hydrogen) atoms. The minimum atomic E-state index is -1.00. The van der Waals surface area contributed by atoms with Crippen molar-refractivity contribution in [1.82, 2.24) is 4.98 Å². The summed E-state index contributed by atoms with van der Waals surface area (Å²) in [5, 5.41) is 9.78. The molecule has 1 atom stereocenters. The Bertz CT molecular complexity index is 577. The van der Waals surface area contributed by atoms with E-state index < -0.39 is 12.0 Å². The molecule has 0 aliphatic carbocycles. The summed E-state index contributed by atoms with van der Waals surface area (Å²) in [6.07, 6.45) is 1.96. The van der Waals surface area contributed by atoms with Crippen molar-refractivity contribution in [2.24, 2.45) is 5.73 Å². The van der Waals surface area contributed by atoms with Crippen molar-refractivity contribution < 1.29 is 9.90 Å². The highest BCUT2D eigenvalue weighted by Gasteiger charge is 2.14. The molecule has 1 aromatic heterocycles. The van der Waals surface area contributed by atoms with Gasteiger partial charge in [-0.05, 0) is 17.7 Å². The van der Waals surface area contributed by atoms with Crippen LogP contribution in [-0.2, 0) is 11.2 Å². The van der Waals surface area contributed by atoms with E-state index in [1.165, 1.54) is 0 Å². The Hall–Kier alpha value is -1.17. The van der Waals surface area contributed by atoms with Crippen molar-refractivity contribution in [2.75, 3.05) is 0 Å². The number of rotatable bonds is 3. The van der Waals surface area contributed by atoms with Crippen LogP contribution in [0.25, 0.3) is 10.9 Å². The van der Waals surface area contributed by atoms with E-state index in [-0.39, 0.29) is 18.8 Å². The first-order valence-corrected chi connectivity index (χ1v) is 5.89. The Morgan fingerprint density at radius 3 is 2.83 bits per heavy atom. The highest BCUT2D eigenvalue weighted by molar-refractivity contribution is 9.10. The molecule has 2 rings (SSSR count). The van der Waals surface area contributed by atoms with Gasteiger partial charge in [0.2, 0.25) is 0 Å². The molecule has 3 N–H and O–H groups in total. The van der Waals surface area contributed by atoms with Gasteiger partial charge in [0, 0.05) is 22.5 Å². The molecule has 0 radical (unpaired) electrons. The molecule has 96 valence electrons. The molecule has 0 aliphatic heterocycles. The number of pyridine rings is 1. The van der Waals surface area contributed by atoms with Crippen molar-refractivity contribution in [2.45, 2.75) is 12.5 Å². The topological polar surface area (TPSA) is 76.2 Å². The van der Waals surface area contributed by atoms with Crippen LogP contribution < -0.4 is 5.73 Å². The minimum absolute atomic E-state index is 0. The largest absolute Gasteiger partial charge is 0.480 e. The number of hydrogen-bond donors (Lipinski definition) is 2. The van der Waals surface area contributed by atoms with Gasteiger partial charge in [-0.3, -0.25) is 9.78 Å². The van der Waals surface area contributed by atoms with Crippen molar-refractivity contribution in [3.63, 3.8) is 0 Å². The summed E-state index contributed by atoms with van der Waals surface area (Å²) in [5.74, 6) is -1.00. The average molecular weight is 332 g/mol. The molecular weight excluding hydrogens is 320 g/mol. The van der Waals surface area contributed by atoms with Gasteiger partial charge in [0.25, 0.3) is 0 Å². The summed E-state index contributed by atoms with van der Waals surface area (Å²) in [5.41, 5.74) is 7.17. The number of nitrogens with zero attached hydrogens (tertiary/aromatic N) is 1. The summed E-state index contributed by atoms with van der Waals surface area (Å²) >= 11 is 3.44. The number of aliphatic carboxylic acids is 1. The molecular formula is C12H12BrClN2O2. The Morgan fingerprint density at radius 2 is 2.17 bits per heavy atom. The predicted molar refractivity (Wildman–Crippen MR) is 76.0 cm³/mol. The quantitative estimate of drug-likeness (QED) is 0.905. The summed E-state index contributed by atoms with van der Waals surface area (Å²) in [6.45, 7) is 0. The number of carboxylic acids is 1. The zero-order valence-electron chi connectivity index (χ0n) is 9.34. The molecule has 0 bridgehead atoms. The maximum Gasteiger partial charge on any atom is 0.320 e. The smallest absolute Gasteiger partial charge is 0.320 e. The fourth-order valence-electron chi connectivity index (χ4n) is 1.69. The molecule has 0 fully saturated rings. The maximum atomic E-state index is 10.8. The fraction of sp³-hybridized carbons (Fsp3) is 0.167. The van der Waals surface area contributed by atoms with Gasteiger partial charge in [0.05, 0.1) is 5.52 Å². The van der Waals surface area contributed by atoms with Crippen molar-refractivity contribution in [3.05, 3.63) is 40.5 Å². The van der Waals surface area contributed by atoms with Gasteiger partial charge >= 0.3 is 5.97 Å². The summed E-state index contributed by atoms with van der Waals surface area (Å²) in [7, 11) is 0. The van der Waals surface area contributed by atoms with Crippen LogP contribution in [0.2, 0.25) is 0 Å². The lowest BCUT2D eigenvalue weighted by Gasteiger charge is -2.09. The summed E-state index contributed by atoms with van der Waals surface area (Å²) in [4.78, 5) is 15.0. The molecule has 0 saturated carbocycles. The molecule has 6 heteroatoms. The Labute approximate surface area is 119 Å². The minimum Gasteiger partial charge on any atom is -0.480 e. The van der Waals surface area contributed by atoms with E-state index in [1.54, 1.807) is 6.20 Å². The Morgan fingerprint density at radius 1 is 1.44 bits per heavy atom. The number of nitrogens with two attached hydrogens (primary N) is 1. The van der Waals surface area contributed by atoms with Gasteiger partial charge in [-0.15, -0.1) is 12.4 Å². The third-order valence-corrected chi connectivity index (χ3v) is 3.25. The molecule has 0 amide bonds.